The van der Waals surface area contributed by atoms with Crippen LogP contribution in [-0.4, -0.2) is 43.9 Å². The van der Waals surface area contributed by atoms with Crippen molar-refractivity contribution in [3.05, 3.63) is 29.8 Å². The van der Waals surface area contributed by atoms with Crippen molar-refractivity contribution in [1.29, 1.82) is 0 Å². The van der Waals surface area contributed by atoms with Crippen LogP contribution in [0.4, 0.5) is 4.79 Å². The molecule has 0 spiro atoms. The highest BCUT2D eigenvalue weighted by Gasteiger charge is 2.37. The first-order chi connectivity index (χ1) is 9.12. The quantitative estimate of drug-likeness (QED) is 0.785. The fourth-order valence-corrected chi connectivity index (χ4v) is 2.08. The summed E-state index contributed by atoms with van der Waals surface area (Å²) < 4.78 is 0. The zero-order chi connectivity index (χ0) is 15.5. The maximum atomic E-state index is 11.4. The standard InChI is InChI=1S/C14H19NO5/c1-14(2,3)15(13(19)20)11(12(17)18)8-9-5-4-6-10(16)7-9/h4-7,11,16H,8H2,1-3H3,(H,17,18)(H,19,20)/t11-/m0/s1. The minimum atomic E-state index is -1.29. The lowest BCUT2D eigenvalue weighted by atomic mass is 9.98. The van der Waals surface area contributed by atoms with Gasteiger partial charge in [0.2, 0.25) is 0 Å². The average Bonchev–Trinajstić information content (AvgIpc) is 2.25. The molecule has 0 aliphatic heterocycles. The Labute approximate surface area is 117 Å². The van der Waals surface area contributed by atoms with Crippen LogP contribution in [0.1, 0.15) is 26.3 Å². The van der Waals surface area contributed by atoms with Gasteiger partial charge in [0.05, 0.1) is 0 Å². The van der Waals surface area contributed by atoms with Gasteiger partial charge in [0.15, 0.2) is 0 Å². The van der Waals surface area contributed by atoms with Crippen molar-refractivity contribution in [2.24, 2.45) is 0 Å². The van der Waals surface area contributed by atoms with Gasteiger partial charge in [0.25, 0.3) is 0 Å². The van der Waals surface area contributed by atoms with Gasteiger partial charge in [-0.1, -0.05) is 12.1 Å². The molecule has 0 bridgehead atoms. The zero-order valence-corrected chi connectivity index (χ0v) is 11.7. The molecule has 1 aromatic carbocycles. The number of rotatable bonds is 4. The Morgan fingerprint density at radius 3 is 2.25 bits per heavy atom. The lowest BCUT2D eigenvalue weighted by Crippen LogP contribution is -2.55. The Bertz CT molecular complexity index is 507. The first-order valence-electron chi connectivity index (χ1n) is 6.16. The topological polar surface area (TPSA) is 98.1 Å². The van der Waals surface area contributed by atoms with E-state index >= 15 is 0 Å². The third kappa shape index (κ3) is 3.88. The molecule has 0 aromatic heterocycles. The fourth-order valence-electron chi connectivity index (χ4n) is 2.08. The van der Waals surface area contributed by atoms with Crippen molar-refractivity contribution in [1.82, 2.24) is 4.90 Å². The molecule has 0 heterocycles. The molecule has 0 aliphatic rings. The van der Waals surface area contributed by atoms with Crippen molar-refractivity contribution in [3.8, 4) is 5.75 Å². The number of carboxylic acid groups (broad SMARTS) is 2. The number of carbonyl (C=O) groups is 2. The van der Waals surface area contributed by atoms with Crippen molar-refractivity contribution >= 4 is 12.1 Å². The largest absolute Gasteiger partial charge is 0.508 e. The first kappa shape index (κ1) is 15.8. The van der Waals surface area contributed by atoms with Gasteiger partial charge in [-0.3, -0.25) is 4.90 Å². The SMILES string of the molecule is CC(C)(C)N(C(=O)O)[C@@H](Cc1cccc(O)c1)C(=O)O. The summed E-state index contributed by atoms with van der Waals surface area (Å²) in [5, 5.41) is 28.0. The van der Waals surface area contributed by atoms with Gasteiger partial charge in [-0.25, -0.2) is 9.59 Å². The van der Waals surface area contributed by atoms with Crippen LogP contribution >= 0.6 is 0 Å². The van der Waals surface area contributed by atoms with Crippen LogP contribution in [0.25, 0.3) is 0 Å². The number of nitrogens with zero attached hydrogens (tertiary/aromatic N) is 1. The van der Waals surface area contributed by atoms with E-state index in [1.54, 1.807) is 32.9 Å². The molecule has 1 aromatic rings. The summed E-state index contributed by atoms with van der Waals surface area (Å²) in [6.45, 7) is 4.92. The van der Waals surface area contributed by atoms with Crippen LogP contribution in [-0.2, 0) is 11.2 Å². The minimum absolute atomic E-state index is 0.00664. The molecule has 1 amide bonds. The summed E-state index contributed by atoms with van der Waals surface area (Å²) >= 11 is 0. The molecular formula is C14H19NO5. The number of benzene rings is 1. The maximum absolute atomic E-state index is 11.4. The molecule has 0 saturated carbocycles. The van der Waals surface area contributed by atoms with Crippen LogP contribution in [0, 0.1) is 0 Å². The van der Waals surface area contributed by atoms with Crippen molar-refractivity contribution in [2.75, 3.05) is 0 Å². The van der Waals surface area contributed by atoms with Crippen LogP contribution in [0.15, 0.2) is 24.3 Å². The number of carboxylic acids is 1. The number of phenols is 1. The highest BCUT2D eigenvalue weighted by Crippen LogP contribution is 2.22. The Morgan fingerprint density at radius 1 is 1.25 bits per heavy atom. The summed E-state index contributed by atoms with van der Waals surface area (Å²) in [6, 6.07) is 4.93. The van der Waals surface area contributed by atoms with E-state index in [9.17, 15) is 24.9 Å². The molecule has 6 heteroatoms. The minimum Gasteiger partial charge on any atom is -0.508 e. The number of aliphatic carboxylic acids is 1. The second kappa shape index (κ2) is 5.81. The summed E-state index contributed by atoms with van der Waals surface area (Å²) in [4.78, 5) is 23.7. The third-order valence-corrected chi connectivity index (χ3v) is 2.87. The molecule has 3 N–H and O–H groups in total. The van der Waals surface area contributed by atoms with E-state index in [1.807, 2.05) is 0 Å². The highest BCUT2D eigenvalue weighted by molar-refractivity contribution is 5.80. The number of amides is 1. The van der Waals surface area contributed by atoms with Crippen molar-refractivity contribution in [2.45, 2.75) is 38.8 Å². The smallest absolute Gasteiger partial charge is 0.408 e. The molecule has 0 saturated heterocycles. The maximum Gasteiger partial charge on any atom is 0.408 e. The van der Waals surface area contributed by atoms with Gasteiger partial charge in [0.1, 0.15) is 11.8 Å². The van der Waals surface area contributed by atoms with Crippen molar-refractivity contribution in [3.63, 3.8) is 0 Å². The lowest BCUT2D eigenvalue weighted by Gasteiger charge is -2.37. The molecule has 0 radical (unpaired) electrons. The molecule has 6 nitrogen and oxygen atoms in total. The molecule has 0 aliphatic carbocycles. The number of hydrogen-bond acceptors (Lipinski definition) is 3. The zero-order valence-electron chi connectivity index (χ0n) is 11.7. The van der Waals surface area contributed by atoms with Gasteiger partial charge in [0, 0.05) is 12.0 Å². The second-order valence-electron chi connectivity index (χ2n) is 5.55. The highest BCUT2D eigenvalue weighted by atomic mass is 16.4. The van der Waals surface area contributed by atoms with Crippen molar-refractivity contribution < 1.29 is 24.9 Å². The van der Waals surface area contributed by atoms with E-state index in [2.05, 4.69) is 0 Å². The van der Waals surface area contributed by atoms with E-state index in [0.717, 1.165) is 4.90 Å². The van der Waals surface area contributed by atoms with Crippen LogP contribution in [0.2, 0.25) is 0 Å². The van der Waals surface area contributed by atoms with E-state index < -0.39 is 23.6 Å². The molecule has 1 rings (SSSR count). The molecule has 110 valence electrons. The normalized spacial score (nSPS) is 12.8. The van der Waals surface area contributed by atoms with E-state index in [4.69, 9.17) is 0 Å². The first-order valence-corrected chi connectivity index (χ1v) is 6.16. The Balaban J connectivity index is 3.11. The van der Waals surface area contributed by atoms with Gasteiger partial charge in [-0.05, 0) is 38.5 Å². The van der Waals surface area contributed by atoms with E-state index in [-0.39, 0.29) is 12.2 Å². The number of phenolic OH excluding ortho intramolecular Hbond substituents is 1. The van der Waals surface area contributed by atoms with Gasteiger partial charge in [-0.2, -0.15) is 0 Å². The summed E-state index contributed by atoms with van der Waals surface area (Å²) in [6.07, 6.45) is -1.29. The molecule has 0 unspecified atom stereocenters. The van der Waals surface area contributed by atoms with E-state index in [1.165, 1.54) is 12.1 Å². The monoisotopic (exact) mass is 281 g/mol. The van der Waals surface area contributed by atoms with Gasteiger partial charge < -0.3 is 15.3 Å². The van der Waals surface area contributed by atoms with Gasteiger partial charge >= 0.3 is 12.1 Å². The number of aromatic hydroxyl groups is 1. The summed E-state index contributed by atoms with van der Waals surface area (Å²) in [5.41, 5.74) is -0.279. The summed E-state index contributed by atoms with van der Waals surface area (Å²) in [5.74, 6) is -1.20. The Morgan fingerprint density at radius 2 is 1.85 bits per heavy atom. The third-order valence-electron chi connectivity index (χ3n) is 2.87. The molecule has 0 fully saturated rings. The fraction of sp³-hybridized carbons (Fsp3) is 0.429. The molecule has 1 atom stereocenters. The van der Waals surface area contributed by atoms with Gasteiger partial charge in [-0.15, -0.1) is 0 Å². The van der Waals surface area contributed by atoms with Crippen LogP contribution in [0.5, 0.6) is 5.75 Å². The Kier molecular flexibility index (Phi) is 4.60. The molecular weight excluding hydrogens is 262 g/mol. The molecule has 20 heavy (non-hydrogen) atoms. The van der Waals surface area contributed by atoms with E-state index in [0.29, 0.717) is 5.56 Å². The Hall–Kier alpha value is -2.24. The summed E-state index contributed by atoms with van der Waals surface area (Å²) in [7, 11) is 0. The lowest BCUT2D eigenvalue weighted by molar-refractivity contribution is -0.144. The second-order valence-corrected chi connectivity index (χ2v) is 5.55. The predicted molar refractivity (Wildman–Crippen MR) is 72.9 cm³/mol. The van der Waals surface area contributed by atoms with Crippen LogP contribution < -0.4 is 0 Å². The predicted octanol–water partition coefficient (Wildman–Crippen LogP) is 2.17. The number of hydrogen-bond donors (Lipinski definition) is 3. The van der Waals surface area contributed by atoms with Crippen LogP contribution in [0.3, 0.4) is 0 Å². The average molecular weight is 281 g/mol.